The van der Waals surface area contributed by atoms with Crippen LogP contribution in [0.1, 0.15) is 51.9 Å². The van der Waals surface area contributed by atoms with Gasteiger partial charge in [-0.15, -0.1) is 0 Å². The van der Waals surface area contributed by atoms with Crippen molar-refractivity contribution in [3.8, 4) is 0 Å². The van der Waals surface area contributed by atoms with Crippen molar-refractivity contribution in [1.29, 1.82) is 0 Å². The van der Waals surface area contributed by atoms with Gasteiger partial charge >= 0.3 is 6.18 Å². The third-order valence-corrected chi connectivity index (χ3v) is 2.34. The summed E-state index contributed by atoms with van der Waals surface area (Å²) in [5, 5.41) is 0. The molecule has 0 N–H and O–H groups in total. The van der Waals surface area contributed by atoms with Crippen LogP contribution in [0.5, 0.6) is 0 Å². The molecule has 0 saturated carbocycles. The predicted molar refractivity (Wildman–Crippen MR) is 59.9 cm³/mol. The van der Waals surface area contributed by atoms with Crippen LogP contribution in [0, 0.1) is 0 Å². The third kappa shape index (κ3) is 13.4. The second-order valence-electron chi connectivity index (χ2n) is 4.16. The van der Waals surface area contributed by atoms with Crippen molar-refractivity contribution in [2.45, 2.75) is 58.0 Å². The molecule has 0 heterocycles. The van der Waals surface area contributed by atoms with Crippen molar-refractivity contribution in [3.05, 3.63) is 0 Å². The zero-order valence-corrected chi connectivity index (χ0v) is 10.3. The topological polar surface area (TPSA) is 26.3 Å². The Hall–Kier alpha value is -0.580. The summed E-state index contributed by atoms with van der Waals surface area (Å²) in [6.07, 6.45) is 2.31. The fourth-order valence-corrected chi connectivity index (χ4v) is 1.46. The second kappa shape index (κ2) is 9.45. The molecule has 0 aliphatic carbocycles. The molecule has 0 amide bonds. The molecule has 0 aromatic rings. The number of Topliss-reactive ketones (excluding diaryl/α,β-unsaturated/α-hetero) is 1. The molecule has 0 radical (unpaired) electrons. The Morgan fingerprint density at radius 1 is 1.06 bits per heavy atom. The highest BCUT2D eigenvalue weighted by Crippen LogP contribution is 2.14. The molecule has 0 aliphatic heterocycles. The van der Waals surface area contributed by atoms with E-state index in [0.29, 0.717) is 6.42 Å². The standard InChI is InChI=1S/C12H21F3O2/c1-2-3-4-5-6-7-8-11(16)9-17-10-12(13,14)15/h2-10H2,1H3. The van der Waals surface area contributed by atoms with E-state index < -0.39 is 19.4 Å². The van der Waals surface area contributed by atoms with Crippen molar-refractivity contribution in [2.75, 3.05) is 13.2 Å². The first kappa shape index (κ1) is 16.4. The summed E-state index contributed by atoms with van der Waals surface area (Å²) in [5.74, 6) is -0.246. The number of ketones is 1. The maximum absolute atomic E-state index is 11.7. The molecule has 0 saturated heterocycles. The van der Waals surface area contributed by atoms with E-state index in [9.17, 15) is 18.0 Å². The molecule has 0 spiro atoms. The van der Waals surface area contributed by atoms with Gasteiger partial charge in [0.1, 0.15) is 13.2 Å². The van der Waals surface area contributed by atoms with E-state index in [4.69, 9.17) is 0 Å². The number of unbranched alkanes of at least 4 members (excludes halogenated alkanes) is 5. The first-order valence-corrected chi connectivity index (χ1v) is 6.12. The Kier molecular flexibility index (Phi) is 9.13. The summed E-state index contributed by atoms with van der Waals surface area (Å²) in [4.78, 5) is 11.1. The Labute approximate surface area is 101 Å². The normalized spacial score (nSPS) is 11.8. The van der Waals surface area contributed by atoms with Gasteiger partial charge in [0, 0.05) is 6.42 Å². The Bertz CT molecular complexity index is 202. The van der Waals surface area contributed by atoms with Crippen LogP contribution >= 0.6 is 0 Å². The lowest BCUT2D eigenvalue weighted by atomic mass is 10.1. The summed E-state index contributed by atoms with van der Waals surface area (Å²) in [5.41, 5.74) is 0. The molecule has 0 atom stereocenters. The Morgan fingerprint density at radius 3 is 2.24 bits per heavy atom. The van der Waals surface area contributed by atoms with E-state index in [-0.39, 0.29) is 5.78 Å². The van der Waals surface area contributed by atoms with Crippen LogP contribution in [0.2, 0.25) is 0 Å². The Balaban J connectivity index is 3.29. The number of halogens is 3. The van der Waals surface area contributed by atoms with Crippen molar-refractivity contribution >= 4 is 5.78 Å². The minimum Gasteiger partial charge on any atom is -0.364 e. The van der Waals surface area contributed by atoms with E-state index in [2.05, 4.69) is 11.7 Å². The number of carbonyl (C=O) groups excluding carboxylic acids is 1. The number of carbonyl (C=O) groups is 1. The van der Waals surface area contributed by atoms with Crippen LogP contribution < -0.4 is 0 Å². The van der Waals surface area contributed by atoms with E-state index in [1.165, 1.54) is 12.8 Å². The van der Waals surface area contributed by atoms with Crippen LogP contribution in [-0.4, -0.2) is 25.2 Å². The molecule has 0 fully saturated rings. The van der Waals surface area contributed by atoms with Gasteiger partial charge in [0.15, 0.2) is 5.78 Å². The smallest absolute Gasteiger partial charge is 0.364 e. The van der Waals surface area contributed by atoms with Gasteiger partial charge in [-0.1, -0.05) is 39.0 Å². The summed E-state index contributed by atoms with van der Waals surface area (Å²) < 4.78 is 39.4. The maximum Gasteiger partial charge on any atom is 0.411 e. The minimum atomic E-state index is -4.35. The average Bonchev–Trinajstić information content (AvgIpc) is 2.21. The number of hydrogen-bond donors (Lipinski definition) is 0. The number of rotatable bonds is 10. The van der Waals surface area contributed by atoms with Crippen LogP contribution in [-0.2, 0) is 9.53 Å². The quantitative estimate of drug-likeness (QED) is 0.553. The van der Waals surface area contributed by atoms with Crippen molar-refractivity contribution < 1.29 is 22.7 Å². The zero-order valence-electron chi connectivity index (χ0n) is 10.3. The highest BCUT2D eigenvalue weighted by Gasteiger charge is 2.27. The van der Waals surface area contributed by atoms with Gasteiger partial charge in [0.25, 0.3) is 0 Å². The third-order valence-electron chi connectivity index (χ3n) is 2.34. The van der Waals surface area contributed by atoms with Gasteiger partial charge < -0.3 is 4.74 Å². The van der Waals surface area contributed by atoms with Gasteiger partial charge in [-0.2, -0.15) is 13.2 Å². The van der Waals surface area contributed by atoms with Gasteiger partial charge in [-0.25, -0.2) is 0 Å². The molecule has 0 aromatic heterocycles. The largest absolute Gasteiger partial charge is 0.411 e. The van der Waals surface area contributed by atoms with Crippen molar-refractivity contribution in [2.24, 2.45) is 0 Å². The van der Waals surface area contributed by atoms with Crippen LogP contribution in [0.15, 0.2) is 0 Å². The van der Waals surface area contributed by atoms with Crippen molar-refractivity contribution in [1.82, 2.24) is 0 Å². The SMILES string of the molecule is CCCCCCCCC(=O)COCC(F)(F)F. The molecule has 0 bridgehead atoms. The number of alkyl halides is 3. The summed E-state index contributed by atoms with van der Waals surface area (Å²) >= 11 is 0. The minimum absolute atomic E-state index is 0.246. The number of ether oxygens (including phenoxy) is 1. The molecule has 2 nitrogen and oxygen atoms in total. The summed E-state index contributed by atoms with van der Waals surface area (Å²) in [6.45, 7) is 0.366. The van der Waals surface area contributed by atoms with Gasteiger partial charge in [0.2, 0.25) is 0 Å². The zero-order chi connectivity index (χ0) is 13.1. The highest BCUT2D eigenvalue weighted by molar-refractivity contribution is 5.79. The molecule has 0 aliphatic rings. The second-order valence-corrected chi connectivity index (χ2v) is 4.16. The van der Waals surface area contributed by atoms with Gasteiger partial charge in [-0.3, -0.25) is 4.79 Å². The first-order valence-electron chi connectivity index (χ1n) is 6.12. The maximum atomic E-state index is 11.7. The van der Waals surface area contributed by atoms with Gasteiger partial charge in [-0.05, 0) is 6.42 Å². The molecular weight excluding hydrogens is 233 g/mol. The Morgan fingerprint density at radius 2 is 1.65 bits per heavy atom. The van der Waals surface area contributed by atoms with E-state index in [1.54, 1.807) is 0 Å². The first-order chi connectivity index (χ1) is 7.95. The molecule has 17 heavy (non-hydrogen) atoms. The lowest BCUT2D eigenvalue weighted by Crippen LogP contribution is -2.20. The predicted octanol–water partition coefficient (Wildman–Crippen LogP) is 3.89. The van der Waals surface area contributed by atoms with Crippen molar-refractivity contribution in [3.63, 3.8) is 0 Å². The van der Waals surface area contributed by atoms with Gasteiger partial charge in [0.05, 0.1) is 0 Å². The summed E-state index contributed by atoms with van der Waals surface area (Å²) in [6, 6.07) is 0. The molecule has 0 aromatic carbocycles. The van der Waals surface area contributed by atoms with Crippen LogP contribution in [0.25, 0.3) is 0 Å². The highest BCUT2D eigenvalue weighted by atomic mass is 19.4. The van der Waals surface area contributed by atoms with Crippen LogP contribution in [0.3, 0.4) is 0 Å². The fourth-order valence-electron chi connectivity index (χ4n) is 1.46. The fraction of sp³-hybridized carbons (Fsp3) is 0.917. The molecule has 0 unspecified atom stereocenters. The number of hydrogen-bond acceptors (Lipinski definition) is 2. The lowest BCUT2D eigenvalue weighted by Gasteiger charge is -2.06. The lowest BCUT2D eigenvalue weighted by molar-refractivity contribution is -0.175. The van der Waals surface area contributed by atoms with E-state index in [0.717, 1.165) is 25.7 Å². The molecular formula is C12H21F3O2. The molecule has 0 rings (SSSR count). The molecule has 102 valence electrons. The van der Waals surface area contributed by atoms with E-state index >= 15 is 0 Å². The van der Waals surface area contributed by atoms with E-state index in [1.807, 2.05) is 0 Å². The molecule has 5 heteroatoms. The average molecular weight is 254 g/mol. The monoisotopic (exact) mass is 254 g/mol. The summed E-state index contributed by atoms with van der Waals surface area (Å²) in [7, 11) is 0. The van der Waals surface area contributed by atoms with Crippen LogP contribution in [0.4, 0.5) is 13.2 Å².